The molecule has 3 unspecified atom stereocenters. The predicted molar refractivity (Wildman–Crippen MR) is 80.4 cm³/mol. The Labute approximate surface area is 121 Å². The van der Waals surface area contributed by atoms with Crippen molar-refractivity contribution in [2.75, 3.05) is 13.2 Å². The van der Waals surface area contributed by atoms with Gasteiger partial charge in [0.1, 0.15) is 5.82 Å². The minimum absolute atomic E-state index is 0.0941. The second-order valence-electron chi connectivity index (χ2n) is 6.00. The van der Waals surface area contributed by atoms with E-state index in [4.69, 9.17) is 4.74 Å². The zero-order chi connectivity index (χ0) is 14.7. The molecule has 0 radical (unpaired) electrons. The highest BCUT2D eigenvalue weighted by molar-refractivity contribution is 5.33. The van der Waals surface area contributed by atoms with Crippen molar-refractivity contribution in [2.24, 2.45) is 5.92 Å². The van der Waals surface area contributed by atoms with Gasteiger partial charge in [0.05, 0.1) is 12.1 Å². The van der Waals surface area contributed by atoms with Crippen LogP contribution in [0.25, 0.3) is 0 Å². The molecule has 112 valence electrons. The summed E-state index contributed by atoms with van der Waals surface area (Å²) < 4.78 is 19.8. The number of aryl methyl sites for hydroxylation is 2. The molecule has 3 heteroatoms. The third kappa shape index (κ3) is 3.21. The van der Waals surface area contributed by atoms with Crippen LogP contribution in [-0.2, 0) is 4.74 Å². The minimum atomic E-state index is -0.0941. The fourth-order valence-electron chi connectivity index (χ4n) is 3.03. The van der Waals surface area contributed by atoms with Gasteiger partial charge < -0.3 is 10.1 Å². The van der Waals surface area contributed by atoms with Crippen LogP contribution in [-0.4, -0.2) is 19.3 Å². The Bertz CT molecular complexity index is 437. The monoisotopic (exact) mass is 279 g/mol. The van der Waals surface area contributed by atoms with Crippen LogP contribution >= 0.6 is 0 Å². The van der Waals surface area contributed by atoms with Gasteiger partial charge >= 0.3 is 0 Å². The summed E-state index contributed by atoms with van der Waals surface area (Å²) in [6.07, 6.45) is 2.37. The Morgan fingerprint density at radius 2 is 2.00 bits per heavy atom. The van der Waals surface area contributed by atoms with Crippen molar-refractivity contribution in [2.45, 2.75) is 52.7 Å². The van der Waals surface area contributed by atoms with Crippen molar-refractivity contribution in [3.63, 3.8) is 0 Å². The smallest absolute Gasteiger partial charge is 0.129 e. The lowest BCUT2D eigenvalue weighted by Gasteiger charge is -2.28. The maximum absolute atomic E-state index is 13.8. The van der Waals surface area contributed by atoms with E-state index in [9.17, 15) is 4.39 Å². The van der Waals surface area contributed by atoms with Crippen molar-refractivity contribution in [1.82, 2.24) is 5.32 Å². The zero-order valence-corrected chi connectivity index (χ0v) is 13.0. The molecule has 3 atom stereocenters. The van der Waals surface area contributed by atoms with E-state index in [0.29, 0.717) is 17.0 Å². The Morgan fingerprint density at radius 3 is 2.50 bits per heavy atom. The fraction of sp³-hybridized carbons (Fsp3) is 0.647. The molecule has 1 fully saturated rings. The zero-order valence-electron chi connectivity index (χ0n) is 13.0. The van der Waals surface area contributed by atoms with E-state index >= 15 is 0 Å². The summed E-state index contributed by atoms with van der Waals surface area (Å²) >= 11 is 0. The molecule has 1 aromatic carbocycles. The molecular weight excluding hydrogens is 253 g/mol. The molecule has 1 heterocycles. The number of hydrogen-bond acceptors (Lipinski definition) is 2. The summed E-state index contributed by atoms with van der Waals surface area (Å²) in [5.41, 5.74) is 2.58. The van der Waals surface area contributed by atoms with E-state index in [1.54, 1.807) is 0 Å². The van der Waals surface area contributed by atoms with E-state index in [1.165, 1.54) is 0 Å². The van der Waals surface area contributed by atoms with Crippen LogP contribution in [0.2, 0.25) is 0 Å². The lowest BCUT2D eigenvalue weighted by atomic mass is 9.90. The highest BCUT2D eigenvalue weighted by Crippen LogP contribution is 2.32. The topological polar surface area (TPSA) is 21.3 Å². The van der Waals surface area contributed by atoms with Crippen LogP contribution in [0.3, 0.4) is 0 Å². The molecular formula is C17H26FNO. The highest BCUT2D eigenvalue weighted by atomic mass is 19.1. The Balaban J connectivity index is 2.30. The van der Waals surface area contributed by atoms with E-state index in [1.807, 2.05) is 26.0 Å². The largest absolute Gasteiger partial charge is 0.376 e. The number of halogens is 1. The van der Waals surface area contributed by atoms with Gasteiger partial charge in [-0.15, -0.1) is 0 Å². The van der Waals surface area contributed by atoms with E-state index in [2.05, 4.69) is 19.2 Å². The first kappa shape index (κ1) is 15.5. The van der Waals surface area contributed by atoms with Crippen molar-refractivity contribution < 1.29 is 9.13 Å². The van der Waals surface area contributed by atoms with Crippen LogP contribution in [0.1, 0.15) is 49.4 Å². The summed E-state index contributed by atoms with van der Waals surface area (Å²) in [7, 11) is 0. The molecule has 2 nitrogen and oxygen atoms in total. The summed E-state index contributed by atoms with van der Waals surface area (Å²) in [6, 6.07) is 4.08. The van der Waals surface area contributed by atoms with Crippen molar-refractivity contribution >= 4 is 0 Å². The van der Waals surface area contributed by atoms with Gasteiger partial charge in [-0.05, 0) is 55.8 Å². The van der Waals surface area contributed by atoms with Gasteiger partial charge in [0.2, 0.25) is 0 Å². The van der Waals surface area contributed by atoms with Gasteiger partial charge in [0, 0.05) is 6.61 Å². The lowest BCUT2D eigenvalue weighted by molar-refractivity contribution is 0.0606. The van der Waals surface area contributed by atoms with E-state index in [-0.39, 0.29) is 18.0 Å². The average Bonchev–Trinajstić information content (AvgIpc) is 2.83. The number of benzene rings is 1. The fourth-order valence-corrected chi connectivity index (χ4v) is 3.03. The third-order valence-electron chi connectivity index (χ3n) is 4.21. The number of ether oxygens (including phenoxy) is 1. The molecule has 1 aliphatic heterocycles. The first-order chi connectivity index (χ1) is 9.54. The molecule has 1 aliphatic rings. The molecule has 2 rings (SSSR count). The van der Waals surface area contributed by atoms with Gasteiger partial charge in [-0.2, -0.15) is 0 Å². The van der Waals surface area contributed by atoms with E-state index < -0.39 is 0 Å². The van der Waals surface area contributed by atoms with Crippen molar-refractivity contribution in [3.05, 3.63) is 34.6 Å². The van der Waals surface area contributed by atoms with Crippen molar-refractivity contribution in [3.8, 4) is 0 Å². The maximum atomic E-state index is 13.8. The molecule has 20 heavy (non-hydrogen) atoms. The van der Waals surface area contributed by atoms with Crippen LogP contribution in [0, 0.1) is 25.6 Å². The van der Waals surface area contributed by atoms with Crippen LogP contribution in [0.5, 0.6) is 0 Å². The van der Waals surface area contributed by atoms with Crippen LogP contribution < -0.4 is 5.32 Å². The SMILES string of the molecule is CCCNC(c1cc(C)c(F)c(C)c1)C1OCCC1C. The molecule has 0 aliphatic carbocycles. The summed E-state index contributed by atoms with van der Waals surface area (Å²) in [4.78, 5) is 0. The number of nitrogens with one attached hydrogen (secondary N) is 1. The van der Waals surface area contributed by atoms with Gasteiger partial charge in [-0.1, -0.05) is 26.0 Å². The molecule has 1 aromatic rings. The Morgan fingerprint density at radius 1 is 1.35 bits per heavy atom. The molecule has 0 bridgehead atoms. The number of rotatable bonds is 5. The number of hydrogen-bond donors (Lipinski definition) is 1. The molecule has 0 aromatic heterocycles. The third-order valence-corrected chi connectivity index (χ3v) is 4.21. The van der Waals surface area contributed by atoms with E-state index in [0.717, 1.165) is 31.6 Å². The first-order valence-electron chi connectivity index (χ1n) is 7.66. The second kappa shape index (κ2) is 6.68. The second-order valence-corrected chi connectivity index (χ2v) is 6.00. The maximum Gasteiger partial charge on any atom is 0.129 e. The molecule has 0 spiro atoms. The molecule has 1 saturated heterocycles. The molecule has 1 N–H and O–H groups in total. The van der Waals surface area contributed by atoms with Gasteiger partial charge in [0.15, 0.2) is 0 Å². The Kier molecular flexibility index (Phi) is 5.17. The standard InChI is InChI=1S/C17H26FNO/c1-5-7-19-16(17-11(2)6-8-20-17)14-9-12(3)15(18)13(4)10-14/h9-11,16-17,19H,5-8H2,1-4H3. The van der Waals surface area contributed by atoms with Gasteiger partial charge in [-0.25, -0.2) is 4.39 Å². The quantitative estimate of drug-likeness (QED) is 0.882. The van der Waals surface area contributed by atoms with Crippen LogP contribution in [0.4, 0.5) is 4.39 Å². The molecule has 0 amide bonds. The summed E-state index contributed by atoms with van der Waals surface area (Å²) in [5, 5.41) is 3.58. The van der Waals surface area contributed by atoms with Gasteiger partial charge in [-0.3, -0.25) is 0 Å². The van der Waals surface area contributed by atoms with Crippen LogP contribution in [0.15, 0.2) is 12.1 Å². The molecule has 0 saturated carbocycles. The normalized spacial score (nSPS) is 24.1. The minimum Gasteiger partial charge on any atom is -0.376 e. The summed E-state index contributed by atoms with van der Waals surface area (Å²) in [5.74, 6) is 0.443. The Hall–Kier alpha value is -0.930. The first-order valence-corrected chi connectivity index (χ1v) is 7.66. The summed E-state index contributed by atoms with van der Waals surface area (Å²) in [6.45, 7) is 9.84. The highest BCUT2D eigenvalue weighted by Gasteiger charge is 2.33. The predicted octanol–water partition coefficient (Wildman–Crippen LogP) is 3.91. The van der Waals surface area contributed by atoms with Gasteiger partial charge in [0.25, 0.3) is 0 Å². The average molecular weight is 279 g/mol. The lowest BCUT2D eigenvalue weighted by Crippen LogP contribution is -2.35. The van der Waals surface area contributed by atoms with Crippen molar-refractivity contribution in [1.29, 1.82) is 0 Å².